The topological polar surface area (TPSA) is 28.4 Å². The molecule has 0 aromatic carbocycles. The first-order chi connectivity index (χ1) is 9.77. The van der Waals surface area contributed by atoms with Crippen molar-refractivity contribution >= 4 is 0 Å². The van der Waals surface area contributed by atoms with Gasteiger partial charge in [0.15, 0.2) is 0 Å². The zero-order chi connectivity index (χ0) is 15.8. The van der Waals surface area contributed by atoms with Crippen LogP contribution in [0.1, 0.15) is 64.2 Å². The summed E-state index contributed by atoms with van der Waals surface area (Å²) >= 11 is 0. The molecule has 0 aliphatic carbocycles. The highest BCUT2D eigenvalue weighted by molar-refractivity contribution is 5.24. The van der Waals surface area contributed by atoms with E-state index in [1.165, 1.54) is 5.56 Å². The smallest absolute Gasteiger partial charge is 0.105 e. The van der Waals surface area contributed by atoms with Crippen molar-refractivity contribution in [3.05, 3.63) is 23.2 Å². The molecule has 0 radical (unpaired) electrons. The molecule has 2 heterocycles. The highest BCUT2D eigenvalue weighted by Gasteiger charge is 2.38. The van der Waals surface area contributed by atoms with Gasteiger partial charge in [-0.15, -0.1) is 0 Å². The van der Waals surface area contributed by atoms with Crippen molar-refractivity contribution in [2.75, 3.05) is 13.1 Å². The molecule has 1 fully saturated rings. The third-order valence-electron chi connectivity index (χ3n) is 5.27. The van der Waals surface area contributed by atoms with Gasteiger partial charge in [-0.25, -0.2) is 0 Å². The maximum atomic E-state index is 5.76. The molecule has 0 spiro atoms. The van der Waals surface area contributed by atoms with Crippen molar-refractivity contribution in [3.8, 4) is 0 Å². The highest BCUT2D eigenvalue weighted by Crippen LogP contribution is 2.33. The van der Waals surface area contributed by atoms with Gasteiger partial charge in [0.05, 0.1) is 0 Å². The molecule has 1 saturated heterocycles. The van der Waals surface area contributed by atoms with Gasteiger partial charge in [-0.1, -0.05) is 20.8 Å². The second kappa shape index (κ2) is 6.13. The molecule has 3 unspecified atom stereocenters. The van der Waals surface area contributed by atoms with Crippen LogP contribution in [0.5, 0.6) is 0 Å². The molecule has 120 valence electrons. The Balaban J connectivity index is 2.29. The predicted molar refractivity (Wildman–Crippen MR) is 88.6 cm³/mol. The summed E-state index contributed by atoms with van der Waals surface area (Å²) in [5, 5.41) is 3.77. The van der Waals surface area contributed by atoms with Crippen molar-refractivity contribution in [1.29, 1.82) is 0 Å². The predicted octanol–water partition coefficient (Wildman–Crippen LogP) is 4.06. The normalized spacial score (nSPS) is 29.0. The van der Waals surface area contributed by atoms with Crippen molar-refractivity contribution in [1.82, 2.24) is 10.2 Å². The van der Waals surface area contributed by atoms with Crippen LogP contribution in [0.15, 0.2) is 10.5 Å². The number of nitrogens with zero attached hydrogens (tertiary/aromatic N) is 1. The lowest BCUT2D eigenvalue weighted by atomic mass is 9.88. The van der Waals surface area contributed by atoms with Gasteiger partial charge in [0, 0.05) is 36.3 Å². The third-order valence-corrected chi connectivity index (χ3v) is 5.27. The molecule has 3 atom stereocenters. The fourth-order valence-corrected chi connectivity index (χ4v) is 3.57. The second-order valence-corrected chi connectivity index (χ2v) is 7.32. The molecule has 1 aromatic rings. The molecular formula is C18H32N2O. The molecule has 0 saturated carbocycles. The van der Waals surface area contributed by atoms with Crippen LogP contribution in [0, 0.1) is 19.8 Å². The Hall–Kier alpha value is -0.800. The minimum Gasteiger partial charge on any atom is -0.466 e. The summed E-state index contributed by atoms with van der Waals surface area (Å²) in [6.07, 6.45) is 1.16. The summed E-state index contributed by atoms with van der Waals surface area (Å²) in [5.74, 6) is 2.73. The van der Waals surface area contributed by atoms with Crippen LogP contribution in [0.4, 0.5) is 0 Å². The van der Waals surface area contributed by atoms with Gasteiger partial charge in [0.2, 0.25) is 0 Å². The molecule has 0 amide bonds. The van der Waals surface area contributed by atoms with Crippen LogP contribution in [0.3, 0.4) is 0 Å². The van der Waals surface area contributed by atoms with E-state index in [-0.39, 0.29) is 5.54 Å². The molecule has 3 nitrogen and oxygen atoms in total. The molecule has 21 heavy (non-hydrogen) atoms. The Bertz CT molecular complexity index is 480. The summed E-state index contributed by atoms with van der Waals surface area (Å²) in [4.78, 5) is 2.68. The zero-order valence-electron chi connectivity index (χ0n) is 14.8. The first kappa shape index (κ1) is 16.6. The van der Waals surface area contributed by atoms with Crippen LogP contribution in [0.25, 0.3) is 0 Å². The van der Waals surface area contributed by atoms with Gasteiger partial charge in [0.25, 0.3) is 0 Å². The van der Waals surface area contributed by atoms with E-state index in [0.29, 0.717) is 18.0 Å². The summed E-state index contributed by atoms with van der Waals surface area (Å²) in [7, 11) is 0. The first-order valence-electron chi connectivity index (χ1n) is 8.35. The molecular weight excluding hydrogens is 260 g/mol. The lowest BCUT2D eigenvalue weighted by Crippen LogP contribution is -2.64. The Morgan fingerprint density at radius 2 is 2.05 bits per heavy atom. The molecule has 1 aliphatic heterocycles. The van der Waals surface area contributed by atoms with Crippen LogP contribution in [-0.2, 0) is 0 Å². The fraction of sp³-hybridized carbons (Fsp3) is 0.778. The number of nitrogens with one attached hydrogen (secondary N) is 1. The Morgan fingerprint density at radius 1 is 1.38 bits per heavy atom. The SMILES string of the molecule is CCC1(C)CN(C(C)c2cc(C)oc2C)C(C(C)C)CN1. The van der Waals surface area contributed by atoms with E-state index in [1.54, 1.807) is 0 Å². The Kier molecular flexibility index (Phi) is 4.84. The highest BCUT2D eigenvalue weighted by atomic mass is 16.3. The van der Waals surface area contributed by atoms with E-state index in [0.717, 1.165) is 31.0 Å². The molecule has 3 heteroatoms. The average Bonchev–Trinajstić information content (AvgIpc) is 2.76. The summed E-state index contributed by atoms with van der Waals surface area (Å²) in [5.41, 5.74) is 1.56. The molecule has 0 bridgehead atoms. The number of hydrogen-bond donors (Lipinski definition) is 1. The van der Waals surface area contributed by atoms with E-state index in [1.807, 2.05) is 6.92 Å². The molecule has 2 rings (SSSR count). The average molecular weight is 292 g/mol. The lowest BCUT2D eigenvalue weighted by molar-refractivity contribution is 0.0291. The van der Waals surface area contributed by atoms with Gasteiger partial charge in [-0.2, -0.15) is 0 Å². The monoisotopic (exact) mass is 292 g/mol. The Morgan fingerprint density at radius 3 is 2.52 bits per heavy atom. The first-order valence-corrected chi connectivity index (χ1v) is 8.35. The maximum Gasteiger partial charge on any atom is 0.105 e. The Labute approximate surface area is 130 Å². The van der Waals surface area contributed by atoms with Gasteiger partial charge in [-0.05, 0) is 46.1 Å². The number of piperazine rings is 1. The summed E-state index contributed by atoms with van der Waals surface area (Å²) in [6.45, 7) is 17.9. The van der Waals surface area contributed by atoms with Crippen LogP contribution < -0.4 is 5.32 Å². The third kappa shape index (κ3) is 3.35. The van der Waals surface area contributed by atoms with E-state index < -0.39 is 0 Å². The molecule has 1 N–H and O–H groups in total. The van der Waals surface area contributed by atoms with Crippen LogP contribution in [0.2, 0.25) is 0 Å². The fourth-order valence-electron chi connectivity index (χ4n) is 3.57. The van der Waals surface area contributed by atoms with Crippen molar-refractivity contribution in [2.45, 2.75) is 72.5 Å². The number of hydrogen-bond acceptors (Lipinski definition) is 3. The minimum absolute atomic E-state index is 0.215. The van der Waals surface area contributed by atoms with Gasteiger partial charge < -0.3 is 9.73 Å². The molecule has 1 aromatic heterocycles. The van der Waals surface area contributed by atoms with Crippen LogP contribution in [-0.4, -0.2) is 29.6 Å². The van der Waals surface area contributed by atoms with Gasteiger partial charge in [-0.3, -0.25) is 4.90 Å². The minimum atomic E-state index is 0.215. The lowest BCUT2D eigenvalue weighted by Gasteiger charge is -2.50. The van der Waals surface area contributed by atoms with Crippen molar-refractivity contribution < 1.29 is 4.42 Å². The zero-order valence-corrected chi connectivity index (χ0v) is 14.8. The van der Waals surface area contributed by atoms with Gasteiger partial charge >= 0.3 is 0 Å². The number of aryl methyl sites for hydroxylation is 2. The van der Waals surface area contributed by atoms with E-state index >= 15 is 0 Å². The number of furan rings is 1. The van der Waals surface area contributed by atoms with E-state index in [9.17, 15) is 0 Å². The van der Waals surface area contributed by atoms with Crippen molar-refractivity contribution in [3.63, 3.8) is 0 Å². The maximum absolute atomic E-state index is 5.76. The summed E-state index contributed by atoms with van der Waals surface area (Å²) in [6, 6.07) is 3.19. The quantitative estimate of drug-likeness (QED) is 0.907. The number of rotatable bonds is 4. The molecule has 1 aliphatic rings. The van der Waals surface area contributed by atoms with Crippen molar-refractivity contribution in [2.24, 2.45) is 5.92 Å². The van der Waals surface area contributed by atoms with Crippen LogP contribution >= 0.6 is 0 Å². The second-order valence-electron chi connectivity index (χ2n) is 7.32. The van der Waals surface area contributed by atoms with Gasteiger partial charge in [0.1, 0.15) is 11.5 Å². The van der Waals surface area contributed by atoms with E-state index in [2.05, 4.69) is 57.8 Å². The summed E-state index contributed by atoms with van der Waals surface area (Å²) < 4.78 is 5.76. The standard InChI is InChI=1S/C18H32N2O/c1-8-18(7)11-20(17(10-19-18)12(2)3)14(5)16-9-13(4)21-15(16)6/h9,12,14,17,19H,8,10-11H2,1-7H3. The largest absolute Gasteiger partial charge is 0.466 e. The van der Waals surface area contributed by atoms with E-state index in [4.69, 9.17) is 4.42 Å².